The number of rotatable bonds is 3. The maximum Gasteiger partial charge on any atom is 0.287 e. The third kappa shape index (κ3) is 2.10. The average Bonchev–Trinajstić information content (AvgIpc) is 2.56. The second kappa shape index (κ2) is 3.92. The van der Waals surface area contributed by atoms with E-state index in [1.165, 1.54) is 6.26 Å². The molecular formula is C8H11NO3. The molecule has 66 valence electrons. The van der Waals surface area contributed by atoms with E-state index in [4.69, 9.17) is 9.52 Å². The Morgan fingerprint density at radius 2 is 2.58 bits per heavy atom. The maximum atomic E-state index is 11.2. The molecule has 4 nitrogen and oxygen atoms in total. The van der Waals surface area contributed by atoms with Crippen molar-refractivity contribution in [3.05, 3.63) is 24.2 Å². The Morgan fingerprint density at radius 1 is 1.83 bits per heavy atom. The Labute approximate surface area is 70.2 Å². The van der Waals surface area contributed by atoms with Crippen molar-refractivity contribution in [1.82, 2.24) is 5.32 Å². The first kappa shape index (κ1) is 8.80. The second-order valence-electron chi connectivity index (χ2n) is 2.53. The molecule has 0 aromatic carbocycles. The Hall–Kier alpha value is -1.29. The van der Waals surface area contributed by atoms with Crippen LogP contribution in [-0.4, -0.2) is 23.7 Å². The minimum absolute atomic E-state index is 0.0769. The zero-order valence-corrected chi connectivity index (χ0v) is 6.78. The van der Waals surface area contributed by atoms with Crippen LogP contribution in [0.15, 0.2) is 22.8 Å². The predicted molar refractivity (Wildman–Crippen MR) is 42.7 cm³/mol. The highest BCUT2D eigenvalue weighted by Gasteiger charge is 2.10. The molecule has 0 fully saturated rings. The Kier molecular flexibility index (Phi) is 2.88. The maximum absolute atomic E-state index is 11.2. The molecule has 0 saturated carbocycles. The third-order valence-electron chi connectivity index (χ3n) is 1.40. The molecule has 0 aliphatic heterocycles. The molecule has 12 heavy (non-hydrogen) atoms. The van der Waals surface area contributed by atoms with Gasteiger partial charge in [0.2, 0.25) is 0 Å². The molecular weight excluding hydrogens is 158 g/mol. The lowest BCUT2D eigenvalue weighted by molar-refractivity contribution is 0.0894. The fourth-order valence-corrected chi connectivity index (χ4v) is 0.748. The minimum atomic E-state index is -0.304. The van der Waals surface area contributed by atoms with Crippen molar-refractivity contribution in [2.24, 2.45) is 0 Å². The quantitative estimate of drug-likeness (QED) is 0.688. The fourth-order valence-electron chi connectivity index (χ4n) is 0.748. The third-order valence-corrected chi connectivity index (χ3v) is 1.40. The van der Waals surface area contributed by atoms with Crippen molar-refractivity contribution in [3.63, 3.8) is 0 Å². The molecule has 0 radical (unpaired) electrons. The summed E-state index contributed by atoms with van der Waals surface area (Å²) in [5, 5.41) is 11.2. The van der Waals surface area contributed by atoms with E-state index in [0.29, 0.717) is 0 Å². The molecule has 0 saturated heterocycles. The van der Waals surface area contributed by atoms with E-state index in [1.807, 2.05) is 0 Å². The molecule has 0 spiro atoms. The van der Waals surface area contributed by atoms with E-state index in [1.54, 1.807) is 19.1 Å². The lowest BCUT2D eigenvalue weighted by Crippen LogP contribution is -2.34. The Morgan fingerprint density at radius 3 is 3.08 bits per heavy atom. The van der Waals surface area contributed by atoms with Gasteiger partial charge in [-0.15, -0.1) is 0 Å². The van der Waals surface area contributed by atoms with Crippen LogP contribution in [0.3, 0.4) is 0 Å². The van der Waals surface area contributed by atoms with E-state index >= 15 is 0 Å². The molecule has 4 heteroatoms. The predicted octanol–water partition coefficient (Wildman–Crippen LogP) is 0.390. The van der Waals surface area contributed by atoms with Gasteiger partial charge in [-0.05, 0) is 19.1 Å². The van der Waals surface area contributed by atoms with Gasteiger partial charge in [-0.3, -0.25) is 4.79 Å². The number of furan rings is 1. The van der Waals surface area contributed by atoms with Crippen molar-refractivity contribution in [3.8, 4) is 0 Å². The van der Waals surface area contributed by atoms with Gasteiger partial charge in [0.1, 0.15) is 0 Å². The van der Waals surface area contributed by atoms with Crippen LogP contribution in [0.2, 0.25) is 0 Å². The van der Waals surface area contributed by atoms with E-state index in [0.717, 1.165) is 0 Å². The van der Waals surface area contributed by atoms with Crippen LogP contribution >= 0.6 is 0 Å². The first-order valence-electron chi connectivity index (χ1n) is 3.69. The number of carbonyl (C=O) groups excluding carboxylic acids is 1. The highest BCUT2D eigenvalue weighted by molar-refractivity contribution is 5.91. The molecule has 1 rings (SSSR count). The summed E-state index contributed by atoms with van der Waals surface area (Å²) in [6.07, 6.45) is 1.43. The number of hydrogen-bond donors (Lipinski definition) is 2. The van der Waals surface area contributed by atoms with Gasteiger partial charge in [-0.1, -0.05) is 0 Å². The summed E-state index contributed by atoms with van der Waals surface area (Å²) in [4.78, 5) is 11.2. The number of aliphatic hydroxyl groups is 1. The van der Waals surface area contributed by atoms with Crippen LogP contribution in [0.4, 0.5) is 0 Å². The van der Waals surface area contributed by atoms with Crippen LogP contribution in [0.1, 0.15) is 17.5 Å². The van der Waals surface area contributed by atoms with Gasteiger partial charge in [0, 0.05) is 6.04 Å². The number of nitrogens with one attached hydrogen (secondary N) is 1. The molecule has 1 atom stereocenters. The molecule has 1 amide bonds. The monoisotopic (exact) mass is 169 g/mol. The van der Waals surface area contributed by atoms with Crippen molar-refractivity contribution in [2.75, 3.05) is 6.61 Å². The summed E-state index contributed by atoms with van der Waals surface area (Å²) in [5.41, 5.74) is 0. The summed E-state index contributed by atoms with van der Waals surface area (Å²) in [6, 6.07) is 2.96. The van der Waals surface area contributed by atoms with Gasteiger partial charge in [-0.2, -0.15) is 0 Å². The van der Waals surface area contributed by atoms with Gasteiger partial charge < -0.3 is 14.8 Å². The minimum Gasteiger partial charge on any atom is -0.459 e. The highest BCUT2D eigenvalue weighted by atomic mass is 16.3. The fraction of sp³-hybridized carbons (Fsp3) is 0.375. The molecule has 1 aromatic rings. The SMILES string of the molecule is C[C@H](CO)NC(=O)c1ccco1. The van der Waals surface area contributed by atoms with Gasteiger partial charge >= 0.3 is 0 Å². The number of aliphatic hydroxyl groups excluding tert-OH is 1. The molecule has 0 aliphatic carbocycles. The van der Waals surface area contributed by atoms with Crippen LogP contribution in [-0.2, 0) is 0 Å². The Balaban J connectivity index is 2.50. The second-order valence-corrected chi connectivity index (χ2v) is 2.53. The van der Waals surface area contributed by atoms with Crippen LogP contribution in [0, 0.1) is 0 Å². The van der Waals surface area contributed by atoms with E-state index in [-0.39, 0.29) is 24.3 Å². The van der Waals surface area contributed by atoms with Crippen LogP contribution in [0.5, 0.6) is 0 Å². The number of carbonyl (C=O) groups is 1. The summed E-state index contributed by atoms with van der Waals surface area (Å²) in [7, 11) is 0. The van der Waals surface area contributed by atoms with Crippen molar-refractivity contribution in [2.45, 2.75) is 13.0 Å². The first-order chi connectivity index (χ1) is 5.74. The largest absolute Gasteiger partial charge is 0.459 e. The van der Waals surface area contributed by atoms with Crippen molar-refractivity contribution >= 4 is 5.91 Å². The molecule has 2 N–H and O–H groups in total. The molecule has 0 unspecified atom stereocenters. The van der Waals surface area contributed by atoms with Crippen molar-refractivity contribution < 1.29 is 14.3 Å². The lowest BCUT2D eigenvalue weighted by Gasteiger charge is -2.08. The van der Waals surface area contributed by atoms with E-state index in [2.05, 4.69) is 5.32 Å². The highest BCUT2D eigenvalue weighted by Crippen LogP contribution is 1.99. The zero-order valence-electron chi connectivity index (χ0n) is 6.78. The lowest BCUT2D eigenvalue weighted by atomic mass is 10.3. The van der Waals surface area contributed by atoms with Gasteiger partial charge in [-0.25, -0.2) is 0 Å². The van der Waals surface area contributed by atoms with Gasteiger partial charge in [0.05, 0.1) is 12.9 Å². The van der Waals surface area contributed by atoms with Crippen LogP contribution < -0.4 is 5.32 Å². The summed E-state index contributed by atoms with van der Waals surface area (Å²) in [5.74, 6) is -0.0446. The van der Waals surface area contributed by atoms with E-state index < -0.39 is 0 Å². The molecule has 0 bridgehead atoms. The summed E-state index contributed by atoms with van der Waals surface area (Å²) < 4.78 is 4.85. The zero-order chi connectivity index (χ0) is 8.97. The van der Waals surface area contributed by atoms with Gasteiger partial charge in [0.15, 0.2) is 5.76 Å². The van der Waals surface area contributed by atoms with E-state index in [9.17, 15) is 4.79 Å². The Bertz CT molecular complexity index is 243. The number of hydrogen-bond acceptors (Lipinski definition) is 3. The average molecular weight is 169 g/mol. The van der Waals surface area contributed by atoms with Crippen molar-refractivity contribution in [1.29, 1.82) is 0 Å². The summed E-state index contributed by atoms with van der Waals surface area (Å²) >= 11 is 0. The normalized spacial score (nSPS) is 12.5. The van der Waals surface area contributed by atoms with Crippen LogP contribution in [0.25, 0.3) is 0 Å². The molecule has 0 aliphatic rings. The topological polar surface area (TPSA) is 62.5 Å². The smallest absolute Gasteiger partial charge is 0.287 e. The number of amides is 1. The summed E-state index contributed by atoms with van der Waals surface area (Å²) in [6.45, 7) is 1.63. The first-order valence-corrected chi connectivity index (χ1v) is 3.69. The molecule has 1 heterocycles. The van der Waals surface area contributed by atoms with Gasteiger partial charge in [0.25, 0.3) is 5.91 Å². The standard InChI is InChI=1S/C8H11NO3/c1-6(5-10)9-8(11)7-3-2-4-12-7/h2-4,6,10H,5H2,1H3,(H,9,11)/t6-/m1/s1. The molecule has 1 aromatic heterocycles.